The standard InChI is InChI=1S/C41H80N2O9/c1-10-35(3)33-43-17-12-37(13-18-43)50-31-30-49-29-28-48-27-26-47-25-24-46-23-22-45-19-14-36(4)39-32-38(34-42(39)8)52-41(7,11-2)16-21-51-40(5,6)15-20-44-9/h10,35-39H,1,11-34H2,2-9H3/t35-,36+,38-,39+,41?/m1/s1. The molecule has 0 saturated carbocycles. The first-order valence-electron chi connectivity index (χ1n) is 20.4. The van der Waals surface area contributed by atoms with Gasteiger partial charge in [-0.25, -0.2) is 0 Å². The SMILES string of the molecule is C=C[C@@H](C)CN1CCC(OCCOCCOCCOCCOCCOCC[C@H](C)[C@@H]2C[C@@H](OC(C)(CC)CCOC(C)(C)CCOC)CN2C)CC1. The Hall–Kier alpha value is -0.700. The molecular formula is C41H80N2O9. The lowest BCUT2D eigenvalue weighted by atomic mass is 9.95. The summed E-state index contributed by atoms with van der Waals surface area (Å²) in [6.07, 6.45) is 9.63. The fourth-order valence-electron chi connectivity index (χ4n) is 6.87. The van der Waals surface area contributed by atoms with Crippen molar-refractivity contribution in [1.82, 2.24) is 9.80 Å². The first kappa shape index (κ1) is 47.5. The molecule has 308 valence electrons. The number of hydrogen-bond donors (Lipinski definition) is 0. The zero-order valence-corrected chi connectivity index (χ0v) is 34.7. The van der Waals surface area contributed by atoms with Gasteiger partial charge in [0.25, 0.3) is 0 Å². The maximum atomic E-state index is 6.74. The molecule has 2 aliphatic rings. The Morgan fingerprint density at radius 1 is 0.750 bits per heavy atom. The van der Waals surface area contributed by atoms with E-state index in [0.717, 1.165) is 77.7 Å². The van der Waals surface area contributed by atoms with Gasteiger partial charge in [0.1, 0.15) is 0 Å². The van der Waals surface area contributed by atoms with E-state index in [1.54, 1.807) is 7.11 Å². The van der Waals surface area contributed by atoms with E-state index in [2.05, 4.69) is 65.0 Å². The lowest BCUT2D eigenvalue weighted by molar-refractivity contribution is -0.112. The zero-order valence-electron chi connectivity index (χ0n) is 34.7. The second-order valence-corrected chi connectivity index (χ2v) is 15.8. The zero-order chi connectivity index (χ0) is 38.1. The largest absolute Gasteiger partial charge is 0.385 e. The van der Waals surface area contributed by atoms with E-state index in [1.807, 2.05) is 6.08 Å². The van der Waals surface area contributed by atoms with Gasteiger partial charge in [-0.3, -0.25) is 0 Å². The van der Waals surface area contributed by atoms with Crippen molar-refractivity contribution in [2.45, 2.75) is 116 Å². The molecule has 2 saturated heterocycles. The lowest BCUT2D eigenvalue weighted by Gasteiger charge is -2.34. The Balaban J connectivity index is 1.37. The summed E-state index contributed by atoms with van der Waals surface area (Å²) in [4.78, 5) is 4.97. The van der Waals surface area contributed by atoms with Gasteiger partial charge in [-0.2, -0.15) is 0 Å². The van der Waals surface area contributed by atoms with Crippen LogP contribution in [0, 0.1) is 11.8 Å². The summed E-state index contributed by atoms with van der Waals surface area (Å²) in [5.41, 5.74) is -0.370. The number of ether oxygens (including phenoxy) is 9. The number of hydrogen-bond acceptors (Lipinski definition) is 11. The van der Waals surface area contributed by atoms with Crippen molar-refractivity contribution in [1.29, 1.82) is 0 Å². The van der Waals surface area contributed by atoms with Gasteiger partial charge >= 0.3 is 0 Å². The highest BCUT2D eigenvalue weighted by Crippen LogP contribution is 2.32. The highest BCUT2D eigenvalue weighted by Gasteiger charge is 2.37. The van der Waals surface area contributed by atoms with Crippen LogP contribution in [0.25, 0.3) is 0 Å². The van der Waals surface area contributed by atoms with Crippen LogP contribution in [0.2, 0.25) is 0 Å². The maximum absolute atomic E-state index is 6.74. The minimum atomic E-state index is -0.187. The lowest BCUT2D eigenvalue weighted by Crippen LogP contribution is -2.39. The molecule has 0 N–H and O–H groups in total. The number of methoxy groups -OCH3 is 1. The molecule has 11 heteroatoms. The van der Waals surface area contributed by atoms with E-state index in [-0.39, 0.29) is 17.3 Å². The average Bonchev–Trinajstić information content (AvgIpc) is 3.49. The molecular weight excluding hydrogens is 664 g/mol. The van der Waals surface area contributed by atoms with E-state index in [4.69, 9.17) is 42.6 Å². The molecule has 2 fully saturated rings. The predicted octanol–water partition coefficient (Wildman–Crippen LogP) is 5.88. The summed E-state index contributed by atoms with van der Waals surface area (Å²) >= 11 is 0. The van der Waals surface area contributed by atoms with Crippen LogP contribution in [0.5, 0.6) is 0 Å². The van der Waals surface area contributed by atoms with Gasteiger partial charge in [0.15, 0.2) is 0 Å². The van der Waals surface area contributed by atoms with E-state index in [0.29, 0.717) is 103 Å². The van der Waals surface area contributed by atoms with Crippen LogP contribution in [0.1, 0.15) is 86.5 Å². The van der Waals surface area contributed by atoms with Crippen molar-refractivity contribution in [2.24, 2.45) is 11.8 Å². The van der Waals surface area contributed by atoms with Gasteiger partial charge in [0, 0.05) is 52.5 Å². The number of nitrogens with zero attached hydrogens (tertiary/aromatic N) is 2. The molecule has 52 heavy (non-hydrogen) atoms. The topological polar surface area (TPSA) is 89.6 Å². The van der Waals surface area contributed by atoms with Crippen LogP contribution in [0.3, 0.4) is 0 Å². The van der Waals surface area contributed by atoms with E-state index in [1.165, 1.54) is 0 Å². The van der Waals surface area contributed by atoms with Gasteiger partial charge in [-0.15, -0.1) is 6.58 Å². The molecule has 0 aromatic heterocycles. The molecule has 5 atom stereocenters. The smallest absolute Gasteiger partial charge is 0.0724 e. The number of likely N-dealkylation sites (tertiary alicyclic amines) is 2. The number of piperidine rings is 1. The van der Waals surface area contributed by atoms with Crippen LogP contribution in [0.15, 0.2) is 12.7 Å². The quantitative estimate of drug-likeness (QED) is 0.0597. The van der Waals surface area contributed by atoms with Gasteiger partial charge in [0.2, 0.25) is 0 Å². The van der Waals surface area contributed by atoms with Gasteiger partial charge in [-0.1, -0.05) is 26.8 Å². The van der Waals surface area contributed by atoms with E-state index < -0.39 is 0 Å². The minimum absolute atomic E-state index is 0.183. The molecule has 0 aliphatic carbocycles. The molecule has 2 heterocycles. The average molecular weight is 745 g/mol. The summed E-state index contributed by atoms with van der Waals surface area (Å²) in [5.74, 6) is 1.07. The Morgan fingerprint density at radius 2 is 1.31 bits per heavy atom. The Labute approximate surface area is 318 Å². The fourth-order valence-corrected chi connectivity index (χ4v) is 6.87. The molecule has 2 aliphatic heterocycles. The monoisotopic (exact) mass is 745 g/mol. The van der Waals surface area contributed by atoms with Crippen LogP contribution < -0.4 is 0 Å². The van der Waals surface area contributed by atoms with Crippen molar-refractivity contribution in [3.63, 3.8) is 0 Å². The highest BCUT2D eigenvalue weighted by atomic mass is 16.6. The summed E-state index contributed by atoms with van der Waals surface area (Å²) < 4.78 is 52.6. The number of likely N-dealkylation sites (N-methyl/N-ethyl adjacent to an activating group) is 1. The Bertz CT molecular complexity index is 875. The Morgan fingerprint density at radius 3 is 1.85 bits per heavy atom. The normalized spacial score (nSPS) is 21.8. The maximum Gasteiger partial charge on any atom is 0.0724 e. The van der Waals surface area contributed by atoms with Crippen molar-refractivity contribution >= 4 is 0 Å². The molecule has 0 amide bonds. The molecule has 2 rings (SSSR count). The third-order valence-corrected chi connectivity index (χ3v) is 10.7. The van der Waals surface area contributed by atoms with Crippen LogP contribution in [0.4, 0.5) is 0 Å². The van der Waals surface area contributed by atoms with Crippen molar-refractivity contribution in [3.05, 3.63) is 12.7 Å². The van der Waals surface area contributed by atoms with Gasteiger partial charge in [-0.05, 0) is 84.6 Å². The number of rotatable bonds is 33. The Kier molecular flexibility index (Phi) is 25.4. The molecule has 0 aromatic carbocycles. The third-order valence-electron chi connectivity index (χ3n) is 10.7. The third kappa shape index (κ3) is 21.4. The van der Waals surface area contributed by atoms with Gasteiger partial charge < -0.3 is 52.4 Å². The predicted molar refractivity (Wildman–Crippen MR) is 208 cm³/mol. The summed E-state index contributed by atoms with van der Waals surface area (Å²) in [6.45, 7) is 29.3. The summed E-state index contributed by atoms with van der Waals surface area (Å²) in [6, 6.07) is 0.499. The van der Waals surface area contributed by atoms with Gasteiger partial charge in [0.05, 0.1) is 96.1 Å². The second-order valence-electron chi connectivity index (χ2n) is 15.8. The summed E-state index contributed by atoms with van der Waals surface area (Å²) in [7, 11) is 3.96. The van der Waals surface area contributed by atoms with E-state index in [9.17, 15) is 0 Å². The highest BCUT2D eigenvalue weighted by molar-refractivity contribution is 4.90. The molecule has 0 spiro atoms. The van der Waals surface area contributed by atoms with Crippen LogP contribution in [-0.4, -0.2) is 165 Å². The van der Waals surface area contributed by atoms with Crippen molar-refractivity contribution in [2.75, 3.05) is 126 Å². The minimum Gasteiger partial charge on any atom is -0.385 e. The first-order chi connectivity index (χ1) is 25.0. The van der Waals surface area contributed by atoms with E-state index >= 15 is 0 Å². The molecule has 0 bridgehead atoms. The molecule has 0 aromatic rings. The molecule has 1 unspecified atom stereocenters. The van der Waals surface area contributed by atoms with Crippen molar-refractivity contribution in [3.8, 4) is 0 Å². The summed E-state index contributed by atoms with van der Waals surface area (Å²) in [5, 5.41) is 0. The second kappa shape index (κ2) is 27.8. The molecule has 0 radical (unpaired) electrons. The fraction of sp³-hybridized carbons (Fsp3) is 0.951. The van der Waals surface area contributed by atoms with Crippen LogP contribution >= 0.6 is 0 Å². The van der Waals surface area contributed by atoms with Crippen LogP contribution in [-0.2, 0) is 42.6 Å². The van der Waals surface area contributed by atoms with Crippen molar-refractivity contribution < 1.29 is 42.6 Å². The molecule has 11 nitrogen and oxygen atoms in total. The first-order valence-corrected chi connectivity index (χ1v) is 20.4.